The standard InChI is InChI=1S/C15H19N7O2/c16-15(24)21-8-4-5-11(10-21)14(23)17-9-13-18-19-20-22(13)12-6-2-1-3-7-12/h1-3,6-7,11H,4-5,8-10H2,(H2,16,24)(H,17,23). The highest BCUT2D eigenvalue weighted by Crippen LogP contribution is 2.16. The molecule has 3 rings (SSSR count). The fourth-order valence-electron chi connectivity index (χ4n) is 2.79. The molecule has 1 unspecified atom stereocenters. The van der Waals surface area contributed by atoms with Crippen molar-refractivity contribution in [3.8, 4) is 5.69 Å². The molecule has 1 atom stereocenters. The molecular weight excluding hydrogens is 310 g/mol. The zero-order chi connectivity index (χ0) is 16.9. The van der Waals surface area contributed by atoms with E-state index in [0.29, 0.717) is 18.9 Å². The van der Waals surface area contributed by atoms with Crippen molar-refractivity contribution >= 4 is 11.9 Å². The first-order valence-corrected chi connectivity index (χ1v) is 7.80. The number of hydrogen-bond donors (Lipinski definition) is 2. The van der Waals surface area contributed by atoms with Gasteiger partial charge < -0.3 is 16.0 Å². The van der Waals surface area contributed by atoms with Crippen LogP contribution in [0.4, 0.5) is 4.79 Å². The van der Waals surface area contributed by atoms with Crippen molar-refractivity contribution in [3.63, 3.8) is 0 Å². The molecule has 1 aromatic carbocycles. The maximum Gasteiger partial charge on any atom is 0.314 e. The minimum atomic E-state index is -0.486. The average molecular weight is 329 g/mol. The molecule has 1 aromatic heterocycles. The maximum absolute atomic E-state index is 12.3. The van der Waals surface area contributed by atoms with Crippen LogP contribution >= 0.6 is 0 Å². The van der Waals surface area contributed by atoms with Crippen molar-refractivity contribution in [1.29, 1.82) is 0 Å². The molecule has 126 valence electrons. The van der Waals surface area contributed by atoms with E-state index in [4.69, 9.17) is 5.73 Å². The highest BCUT2D eigenvalue weighted by Gasteiger charge is 2.27. The van der Waals surface area contributed by atoms with E-state index in [1.807, 2.05) is 30.3 Å². The number of rotatable bonds is 4. The van der Waals surface area contributed by atoms with E-state index in [2.05, 4.69) is 20.8 Å². The van der Waals surface area contributed by atoms with E-state index in [9.17, 15) is 9.59 Å². The Hall–Kier alpha value is -2.97. The third kappa shape index (κ3) is 3.50. The van der Waals surface area contributed by atoms with E-state index in [0.717, 1.165) is 18.5 Å². The summed E-state index contributed by atoms with van der Waals surface area (Å²) in [4.78, 5) is 25.1. The summed E-state index contributed by atoms with van der Waals surface area (Å²) < 4.78 is 1.58. The van der Waals surface area contributed by atoms with Crippen molar-refractivity contribution in [1.82, 2.24) is 30.4 Å². The molecule has 3 N–H and O–H groups in total. The summed E-state index contributed by atoms with van der Waals surface area (Å²) in [5.74, 6) is 0.160. The molecule has 9 nitrogen and oxygen atoms in total. The Morgan fingerprint density at radius 1 is 1.29 bits per heavy atom. The summed E-state index contributed by atoms with van der Waals surface area (Å²) in [6.45, 7) is 1.17. The number of benzene rings is 1. The van der Waals surface area contributed by atoms with Crippen LogP contribution in [0.15, 0.2) is 30.3 Å². The topological polar surface area (TPSA) is 119 Å². The summed E-state index contributed by atoms with van der Waals surface area (Å²) in [5, 5.41) is 14.4. The Kier molecular flexibility index (Phi) is 4.69. The van der Waals surface area contributed by atoms with Gasteiger partial charge in [0.05, 0.1) is 18.2 Å². The van der Waals surface area contributed by atoms with Gasteiger partial charge >= 0.3 is 6.03 Å². The van der Waals surface area contributed by atoms with Crippen LogP contribution in [0.1, 0.15) is 18.7 Å². The molecule has 0 aliphatic carbocycles. The fourth-order valence-corrected chi connectivity index (χ4v) is 2.79. The summed E-state index contributed by atoms with van der Waals surface area (Å²) in [5.41, 5.74) is 6.11. The van der Waals surface area contributed by atoms with Gasteiger partial charge in [0.25, 0.3) is 0 Å². The van der Waals surface area contributed by atoms with Gasteiger partial charge in [0.2, 0.25) is 5.91 Å². The third-order valence-corrected chi connectivity index (χ3v) is 4.06. The predicted octanol–water partition coefficient (Wildman–Crippen LogP) is 0.0692. The van der Waals surface area contributed by atoms with Gasteiger partial charge in [-0.25, -0.2) is 4.79 Å². The number of carbonyl (C=O) groups excluding carboxylic acids is 2. The number of piperidine rings is 1. The van der Waals surface area contributed by atoms with Gasteiger partial charge in [0.15, 0.2) is 5.82 Å². The summed E-state index contributed by atoms with van der Waals surface area (Å²) in [7, 11) is 0. The first kappa shape index (κ1) is 15.9. The zero-order valence-electron chi connectivity index (χ0n) is 13.1. The van der Waals surface area contributed by atoms with Gasteiger partial charge in [-0.05, 0) is 35.4 Å². The lowest BCUT2D eigenvalue weighted by Crippen LogP contribution is -2.47. The molecule has 0 bridgehead atoms. The van der Waals surface area contributed by atoms with E-state index in [1.165, 1.54) is 4.90 Å². The Bertz CT molecular complexity index is 716. The summed E-state index contributed by atoms with van der Waals surface area (Å²) in [6, 6.07) is 8.96. The largest absolute Gasteiger partial charge is 0.351 e. The SMILES string of the molecule is NC(=O)N1CCCC(C(=O)NCc2nnnn2-c2ccccc2)C1. The van der Waals surface area contributed by atoms with Crippen LogP contribution in [0.25, 0.3) is 5.69 Å². The Morgan fingerprint density at radius 3 is 2.83 bits per heavy atom. The Morgan fingerprint density at radius 2 is 2.08 bits per heavy atom. The number of tetrazole rings is 1. The van der Waals surface area contributed by atoms with Crippen LogP contribution < -0.4 is 11.1 Å². The molecule has 1 aliphatic heterocycles. The predicted molar refractivity (Wildman–Crippen MR) is 84.9 cm³/mol. The average Bonchev–Trinajstić information content (AvgIpc) is 3.09. The number of amides is 3. The van der Waals surface area contributed by atoms with Gasteiger partial charge in [-0.15, -0.1) is 5.10 Å². The monoisotopic (exact) mass is 329 g/mol. The van der Waals surface area contributed by atoms with Crippen LogP contribution in [0, 0.1) is 5.92 Å². The number of nitrogens with two attached hydrogens (primary N) is 1. The molecule has 1 aliphatic rings. The van der Waals surface area contributed by atoms with Gasteiger partial charge in [0, 0.05) is 13.1 Å². The molecule has 3 amide bonds. The number of para-hydroxylation sites is 1. The van der Waals surface area contributed by atoms with Crippen LogP contribution in [0.5, 0.6) is 0 Å². The van der Waals surface area contributed by atoms with Crippen LogP contribution in [-0.2, 0) is 11.3 Å². The second kappa shape index (κ2) is 7.07. The van der Waals surface area contributed by atoms with Crippen molar-refractivity contribution < 1.29 is 9.59 Å². The summed E-state index contributed by atoms with van der Waals surface area (Å²) >= 11 is 0. The minimum absolute atomic E-state index is 0.122. The third-order valence-electron chi connectivity index (χ3n) is 4.06. The molecule has 0 radical (unpaired) electrons. The second-order valence-corrected chi connectivity index (χ2v) is 5.68. The van der Waals surface area contributed by atoms with Gasteiger partial charge in [-0.1, -0.05) is 18.2 Å². The summed E-state index contributed by atoms with van der Waals surface area (Å²) in [6.07, 6.45) is 1.50. The highest BCUT2D eigenvalue weighted by molar-refractivity contribution is 5.80. The van der Waals surface area contributed by atoms with Crippen molar-refractivity contribution in [2.75, 3.05) is 13.1 Å². The van der Waals surface area contributed by atoms with Gasteiger partial charge in [-0.3, -0.25) is 4.79 Å². The normalized spacial score (nSPS) is 17.5. The number of urea groups is 1. The number of carbonyl (C=O) groups is 2. The molecule has 0 saturated carbocycles. The van der Waals surface area contributed by atoms with E-state index in [1.54, 1.807) is 4.68 Å². The molecule has 1 fully saturated rings. The fraction of sp³-hybridized carbons (Fsp3) is 0.400. The van der Waals surface area contributed by atoms with Crippen molar-refractivity contribution in [3.05, 3.63) is 36.2 Å². The number of primary amides is 1. The number of hydrogen-bond acceptors (Lipinski definition) is 5. The molecule has 1 saturated heterocycles. The van der Waals surface area contributed by atoms with E-state index >= 15 is 0 Å². The first-order valence-electron chi connectivity index (χ1n) is 7.80. The Balaban J connectivity index is 1.61. The molecular formula is C15H19N7O2. The van der Waals surface area contributed by atoms with E-state index in [-0.39, 0.29) is 18.4 Å². The van der Waals surface area contributed by atoms with E-state index < -0.39 is 6.03 Å². The van der Waals surface area contributed by atoms with Gasteiger partial charge in [0.1, 0.15) is 0 Å². The zero-order valence-corrected chi connectivity index (χ0v) is 13.1. The number of aromatic nitrogens is 4. The lowest BCUT2D eigenvalue weighted by Gasteiger charge is -2.30. The maximum atomic E-state index is 12.3. The van der Waals surface area contributed by atoms with Crippen LogP contribution in [0.2, 0.25) is 0 Å². The molecule has 2 heterocycles. The number of nitrogens with zero attached hydrogens (tertiary/aromatic N) is 5. The first-order chi connectivity index (χ1) is 11.6. The lowest BCUT2D eigenvalue weighted by molar-refractivity contribution is -0.126. The molecule has 2 aromatic rings. The lowest BCUT2D eigenvalue weighted by atomic mass is 9.97. The van der Waals surface area contributed by atoms with Crippen LogP contribution in [0.3, 0.4) is 0 Å². The molecule has 9 heteroatoms. The molecule has 24 heavy (non-hydrogen) atoms. The van der Waals surface area contributed by atoms with Gasteiger partial charge in [-0.2, -0.15) is 4.68 Å². The number of likely N-dealkylation sites (tertiary alicyclic amines) is 1. The second-order valence-electron chi connectivity index (χ2n) is 5.68. The minimum Gasteiger partial charge on any atom is -0.351 e. The number of nitrogens with one attached hydrogen (secondary N) is 1. The quantitative estimate of drug-likeness (QED) is 0.822. The smallest absolute Gasteiger partial charge is 0.314 e. The Labute approximate surface area is 138 Å². The van der Waals surface area contributed by atoms with Crippen LogP contribution in [-0.4, -0.2) is 50.1 Å². The van der Waals surface area contributed by atoms with Crippen molar-refractivity contribution in [2.45, 2.75) is 19.4 Å². The van der Waals surface area contributed by atoms with Crippen molar-refractivity contribution in [2.24, 2.45) is 11.7 Å². The molecule has 0 spiro atoms. The highest BCUT2D eigenvalue weighted by atomic mass is 16.2.